The molecule has 3 heteroatoms. The largest absolute Gasteiger partial charge is 0.326 e. The number of amides is 1. The van der Waals surface area contributed by atoms with Crippen molar-refractivity contribution in [2.24, 2.45) is 17.3 Å². The monoisotopic (exact) mass is 389 g/mol. The number of hydrogen-bond acceptors (Lipinski definition) is 1. The minimum Gasteiger partial charge on any atom is -0.326 e. The summed E-state index contributed by atoms with van der Waals surface area (Å²) in [4.78, 5) is 12.9. The average molecular weight is 390 g/mol. The molecule has 0 spiro atoms. The minimum absolute atomic E-state index is 0.211. The van der Waals surface area contributed by atoms with Crippen molar-refractivity contribution in [3.05, 3.63) is 28.8 Å². The summed E-state index contributed by atoms with van der Waals surface area (Å²) in [7, 11) is 0. The summed E-state index contributed by atoms with van der Waals surface area (Å²) in [5, 5.41) is 3.24. The van der Waals surface area contributed by atoms with Crippen LogP contribution < -0.4 is 5.32 Å². The number of carbonyl (C=O) groups excluding carboxylic acids is 1. The van der Waals surface area contributed by atoms with Crippen LogP contribution in [0.1, 0.15) is 61.6 Å². The lowest BCUT2D eigenvalue weighted by Gasteiger charge is -2.60. The first kappa shape index (κ1) is 16.6. The van der Waals surface area contributed by atoms with Gasteiger partial charge in [-0.05, 0) is 87.7 Å². The molecule has 4 aliphatic rings. The van der Waals surface area contributed by atoms with Gasteiger partial charge in [0.15, 0.2) is 0 Å². The fraction of sp³-hybridized carbons (Fsp3) is 0.667. The summed E-state index contributed by atoms with van der Waals surface area (Å²) >= 11 is 4.05. The highest BCUT2D eigenvalue weighted by atomic mass is 79.9. The fourth-order valence-corrected chi connectivity index (χ4v) is 7.95. The molecular formula is C21H28BrNO. The van der Waals surface area contributed by atoms with Gasteiger partial charge in [0.1, 0.15) is 0 Å². The number of carbonyl (C=O) groups is 1. The van der Waals surface area contributed by atoms with Crippen molar-refractivity contribution in [2.75, 3.05) is 5.32 Å². The van der Waals surface area contributed by atoms with Crippen molar-refractivity contribution in [1.29, 1.82) is 0 Å². The van der Waals surface area contributed by atoms with Crippen LogP contribution >= 0.6 is 15.9 Å². The lowest BCUT2D eigenvalue weighted by molar-refractivity contribution is -0.123. The molecule has 2 nitrogen and oxygen atoms in total. The highest BCUT2D eigenvalue weighted by Gasteiger charge is 2.57. The van der Waals surface area contributed by atoms with Gasteiger partial charge >= 0.3 is 0 Å². The molecule has 4 aliphatic carbocycles. The van der Waals surface area contributed by atoms with Crippen molar-refractivity contribution in [2.45, 2.75) is 70.0 Å². The molecule has 1 N–H and O–H groups in total. The number of hydrogen-bond donors (Lipinski definition) is 1. The SMILES string of the molecule is Cc1cc(C)c(NC(=O)CC23C[C@@H]4C[C@@H](CC(Br)(C4)C2)C3)c(C)c1. The van der Waals surface area contributed by atoms with E-state index in [1.807, 2.05) is 0 Å². The molecule has 2 unspecified atom stereocenters. The van der Waals surface area contributed by atoms with E-state index < -0.39 is 0 Å². The standard InChI is InChI=1S/C21H28BrNO/c1-13-4-14(2)19(15(3)5-13)23-18(24)11-20-7-16-6-17(8-20)10-21(22,9-16)12-20/h4-5,16-17H,6-12H2,1-3H3,(H,23,24)/t16-,17+,20?,21?. The smallest absolute Gasteiger partial charge is 0.224 e. The van der Waals surface area contributed by atoms with E-state index in [4.69, 9.17) is 0 Å². The topological polar surface area (TPSA) is 29.1 Å². The Balaban J connectivity index is 1.51. The van der Waals surface area contributed by atoms with E-state index in [2.05, 4.69) is 54.2 Å². The molecule has 0 aliphatic heterocycles. The molecular weight excluding hydrogens is 362 g/mol. The van der Waals surface area contributed by atoms with Gasteiger partial charge in [0.25, 0.3) is 0 Å². The van der Waals surface area contributed by atoms with E-state index in [0.717, 1.165) is 17.5 Å². The first-order valence-electron chi connectivity index (χ1n) is 9.33. The highest BCUT2D eigenvalue weighted by Crippen LogP contribution is 2.65. The van der Waals surface area contributed by atoms with Crippen molar-refractivity contribution in [3.8, 4) is 0 Å². The second-order valence-electron chi connectivity index (χ2n) is 9.11. The Morgan fingerprint density at radius 1 is 1.12 bits per heavy atom. The third-order valence-electron chi connectivity index (χ3n) is 6.59. The van der Waals surface area contributed by atoms with Crippen LogP contribution in [0.2, 0.25) is 0 Å². The molecule has 130 valence electrons. The van der Waals surface area contributed by atoms with Gasteiger partial charge in [-0.15, -0.1) is 0 Å². The quantitative estimate of drug-likeness (QED) is 0.662. The lowest BCUT2D eigenvalue weighted by atomic mass is 9.48. The Bertz CT molecular complexity index is 658. The number of rotatable bonds is 3. The zero-order chi connectivity index (χ0) is 17.1. The molecule has 4 atom stereocenters. The van der Waals surface area contributed by atoms with E-state index in [1.54, 1.807) is 0 Å². The number of nitrogens with one attached hydrogen (secondary N) is 1. The number of halogens is 1. The zero-order valence-corrected chi connectivity index (χ0v) is 16.6. The van der Waals surface area contributed by atoms with Gasteiger partial charge in [-0.2, -0.15) is 0 Å². The van der Waals surface area contributed by atoms with E-state index in [9.17, 15) is 4.79 Å². The summed E-state index contributed by atoms with van der Waals surface area (Å²) < 4.78 is 0.326. The number of aryl methyl sites for hydroxylation is 3. The molecule has 0 heterocycles. The Morgan fingerprint density at radius 2 is 1.71 bits per heavy atom. The van der Waals surface area contributed by atoms with Crippen LogP contribution in [0.4, 0.5) is 5.69 Å². The van der Waals surface area contributed by atoms with Gasteiger partial charge in [-0.25, -0.2) is 0 Å². The molecule has 4 bridgehead atoms. The van der Waals surface area contributed by atoms with Gasteiger partial charge in [0, 0.05) is 16.4 Å². The molecule has 5 rings (SSSR count). The van der Waals surface area contributed by atoms with E-state index in [0.29, 0.717) is 10.7 Å². The van der Waals surface area contributed by atoms with Crippen molar-refractivity contribution < 1.29 is 4.79 Å². The Labute approximate surface area is 153 Å². The van der Waals surface area contributed by atoms with Crippen LogP contribution in [0.3, 0.4) is 0 Å². The van der Waals surface area contributed by atoms with Gasteiger partial charge < -0.3 is 5.32 Å². The summed E-state index contributed by atoms with van der Waals surface area (Å²) in [5.74, 6) is 1.88. The molecule has 24 heavy (non-hydrogen) atoms. The van der Waals surface area contributed by atoms with Crippen molar-refractivity contribution >= 4 is 27.5 Å². The molecule has 1 amide bonds. The predicted octanol–water partition coefficient (Wildman–Crippen LogP) is 5.67. The maximum Gasteiger partial charge on any atom is 0.224 e. The fourth-order valence-electron chi connectivity index (χ4n) is 6.44. The molecule has 0 saturated heterocycles. The second-order valence-corrected chi connectivity index (χ2v) is 10.8. The van der Waals surface area contributed by atoms with Crippen LogP contribution in [0.15, 0.2) is 12.1 Å². The molecule has 4 saturated carbocycles. The summed E-state index contributed by atoms with van der Waals surface area (Å²) in [5.41, 5.74) is 4.85. The third-order valence-corrected chi connectivity index (χ3v) is 7.52. The van der Waals surface area contributed by atoms with Gasteiger partial charge in [0.05, 0.1) is 0 Å². The number of alkyl halides is 1. The van der Waals surface area contributed by atoms with Crippen LogP contribution in [-0.4, -0.2) is 10.2 Å². The Morgan fingerprint density at radius 3 is 2.25 bits per heavy atom. The molecule has 4 fully saturated rings. The van der Waals surface area contributed by atoms with Gasteiger partial charge in [0.2, 0.25) is 5.91 Å². The number of anilines is 1. The lowest BCUT2D eigenvalue weighted by Crippen LogP contribution is -2.53. The predicted molar refractivity (Wildman–Crippen MR) is 103 cm³/mol. The average Bonchev–Trinajstić information content (AvgIpc) is 2.39. The van der Waals surface area contributed by atoms with E-state index in [1.165, 1.54) is 55.2 Å². The van der Waals surface area contributed by atoms with E-state index in [-0.39, 0.29) is 11.3 Å². The second kappa shape index (κ2) is 5.59. The first-order valence-corrected chi connectivity index (χ1v) is 10.1. The normalized spacial score (nSPS) is 36.8. The maximum absolute atomic E-state index is 12.9. The number of benzene rings is 1. The molecule has 1 aromatic carbocycles. The van der Waals surface area contributed by atoms with Gasteiger partial charge in [-0.3, -0.25) is 4.79 Å². The minimum atomic E-state index is 0.211. The van der Waals surface area contributed by atoms with E-state index >= 15 is 0 Å². The first-order chi connectivity index (χ1) is 11.3. The molecule has 1 aromatic rings. The highest BCUT2D eigenvalue weighted by molar-refractivity contribution is 9.10. The molecule has 0 aromatic heterocycles. The Hall–Kier alpha value is -0.830. The van der Waals surface area contributed by atoms with Crippen LogP contribution in [0.5, 0.6) is 0 Å². The van der Waals surface area contributed by atoms with Crippen molar-refractivity contribution in [3.63, 3.8) is 0 Å². The summed E-state index contributed by atoms with van der Waals surface area (Å²) in [6.45, 7) is 6.29. The maximum atomic E-state index is 12.9. The van der Waals surface area contributed by atoms with Crippen molar-refractivity contribution in [1.82, 2.24) is 0 Å². The van der Waals surface area contributed by atoms with Crippen LogP contribution in [0.25, 0.3) is 0 Å². The Kier molecular flexibility index (Phi) is 3.87. The molecule has 0 radical (unpaired) electrons. The summed E-state index contributed by atoms with van der Waals surface area (Å²) in [6, 6.07) is 4.31. The zero-order valence-electron chi connectivity index (χ0n) is 15.0. The van der Waals surface area contributed by atoms with Gasteiger partial charge in [-0.1, -0.05) is 33.6 Å². The summed E-state index contributed by atoms with van der Waals surface area (Å²) in [6.07, 6.45) is 8.44. The third kappa shape index (κ3) is 2.94. The van der Waals surface area contributed by atoms with Crippen LogP contribution in [0, 0.1) is 38.0 Å². The van der Waals surface area contributed by atoms with Crippen LogP contribution in [-0.2, 0) is 4.79 Å².